The predicted octanol–water partition coefficient (Wildman–Crippen LogP) is 4.64. The van der Waals surface area contributed by atoms with E-state index in [1.807, 2.05) is 54.6 Å². The minimum absolute atomic E-state index is 0.0672. The second-order valence-corrected chi connectivity index (χ2v) is 8.24. The Bertz CT molecular complexity index is 1210. The number of amides is 1. The molecule has 2 heterocycles. The van der Waals surface area contributed by atoms with Crippen LogP contribution in [0.15, 0.2) is 84.7 Å². The Morgan fingerprint density at radius 3 is 2.34 bits per heavy atom. The van der Waals surface area contributed by atoms with Crippen LogP contribution in [0, 0.1) is 0 Å². The maximum atomic E-state index is 13.2. The molecule has 4 rings (SSSR count). The molecule has 7 nitrogen and oxygen atoms in total. The van der Waals surface area contributed by atoms with Crippen molar-refractivity contribution in [2.24, 2.45) is 0 Å². The minimum Gasteiger partial charge on any atom is -0.507 e. The third-order valence-electron chi connectivity index (χ3n) is 6.20. The Hall–Kier alpha value is -3.97. The zero-order valence-electron chi connectivity index (χ0n) is 19.9. The zero-order valence-corrected chi connectivity index (χ0v) is 19.9. The number of aliphatic hydroxyl groups excluding tert-OH is 1. The highest BCUT2D eigenvalue weighted by atomic mass is 16.5. The summed E-state index contributed by atoms with van der Waals surface area (Å²) in [5.41, 5.74) is 1.19. The van der Waals surface area contributed by atoms with Crippen molar-refractivity contribution in [1.82, 2.24) is 14.8 Å². The lowest BCUT2D eigenvalue weighted by atomic mass is 9.95. The summed E-state index contributed by atoms with van der Waals surface area (Å²) in [6, 6.07) is 19.2. The fraction of sp³-hybridized carbons (Fsp3) is 0.250. The van der Waals surface area contributed by atoms with Crippen molar-refractivity contribution in [3.63, 3.8) is 0 Å². The lowest BCUT2D eigenvalue weighted by Gasteiger charge is -2.28. The van der Waals surface area contributed by atoms with E-state index >= 15 is 0 Å². The number of rotatable bonds is 9. The Balaban J connectivity index is 1.77. The number of ketones is 1. The van der Waals surface area contributed by atoms with Gasteiger partial charge in [0.05, 0.1) is 11.6 Å². The van der Waals surface area contributed by atoms with Gasteiger partial charge in [-0.15, -0.1) is 0 Å². The second kappa shape index (κ2) is 11.0. The van der Waals surface area contributed by atoms with E-state index in [0.717, 1.165) is 13.1 Å². The van der Waals surface area contributed by atoms with Crippen molar-refractivity contribution in [1.29, 1.82) is 0 Å². The summed E-state index contributed by atoms with van der Waals surface area (Å²) >= 11 is 0. The number of Topliss-reactive ketones (excluding diaryl/α,β-unsaturated/α-hetero) is 1. The highest BCUT2D eigenvalue weighted by Gasteiger charge is 2.46. The van der Waals surface area contributed by atoms with Gasteiger partial charge in [0.2, 0.25) is 0 Å². The van der Waals surface area contributed by atoms with Gasteiger partial charge in [-0.3, -0.25) is 14.6 Å². The first-order chi connectivity index (χ1) is 17.0. The topological polar surface area (TPSA) is 83.0 Å². The van der Waals surface area contributed by atoms with E-state index in [9.17, 15) is 14.7 Å². The van der Waals surface area contributed by atoms with Gasteiger partial charge in [-0.2, -0.15) is 0 Å². The maximum Gasteiger partial charge on any atom is 0.295 e. The van der Waals surface area contributed by atoms with Gasteiger partial charge in [-0.1, -0.05) is 44.2 Å². The number of benzene rings is 2. The largest absolute Gasteiger partial charge is 0.507 e. The van der Waals surface area contributed by atoms with Crippen LogP contribution in [-0.2, 0) is 9.59 Å². The van der Waals surface area contributed by atoms with Crippen LogP contribution >= 0.6 is 0 Å². The Morgan fingerprint density at radius 2 is 1.66 bits per heavy atom. The number of pyridine rings is 1. The number of hydrogen-bond acceptors (Lipinski definition) is 6. The third kappa shape index (κ3) is 5.25. The quantitative estimate of drug-likeness (QED) is 0.278. The number of para-hydroxylation sites is 1. The smallest absolute Gasteiger partial charge is 0.295 e. The van der Waals surface area contributed by atoms with Crippen LogP contribution in [0.4, 0.5) is 0 Å². The second-order valence-electron chi connectivity index (χ2n) is 8.24. The maximum absolute atomic E-state index is 13.2. The molecule has 2 aromatic carbocycles. The summed E-state index contributed by atoms with van der Waals surface area (Å²) in [6.45, 7) is 6.76. The van der Waals surface area contributed by atoms with Gasteiger partial charge in [-0.25, -0.2) is 0 Å². The molecule has 1 fully saturated rings. The summed E-state index contributed by atoms with van der Waals surface area (Å²) in [4.78, 5) is 34.1. The van der Waals surface area contributed by atoms with Gasteiger partial charge in [0, 0.05) is 31.0 Å². The molecular formula is C28H29N3O4. The van der Waals surface area contributed by atoms with Crippen molar-refractivity contribution >= 4 is 17.4 Å². The Labute approximate surface area is 205 Å². The molecule has 0 aliphatic carbocycles. The number of carbonyl (C=O) groups excluding carboxylic acids is 2. The number of aromatic nitrogens is 1. The molecular weight excluding hydrogens is 442 g/mol. The summed E-state index contributed by atoms with van der Waals surface area (Å²) in [7, 11) is 0. The number of likely N-dealkylation sites (tertiary alicyclic amines) is 1. The minimum atomic E-state index is -0.738. The molecule has 1 amide bonds. The molecule has 1 aliphatic rings. The first-order valence-corrected chi connectivity index (χ1v) is 11.8. The van der Waals surface area contributed by atoms with Crippen molar-refractivity contribution < 1.29 is 19.4 Å². The monoisotopic (exact) mass is 471 g/mol. The van der Waals surface area contributed by atoms with Crippen LogP contribution < -0.4 is 4.74 Å². The number of likely N-dealkylation sites (N-methyl/N-ethyl adjacent to an activating group) is 1. The molecule has 1 N–H and O–H groups in total. The van der Waals surface area contributed by atoms with E-state index in [0.29, 0.717) is 35.7 Å². The molecule has 1 aromatic heterocycles. The van der Waals surface area contributed by atoms with Crippen LogP contribution in [0.2, 0.25) is 0 Å². The van der Waals surface area contributed by atoms with E-state index in [2.05, 4.69) is 23.7 Å². The SMILES string of the molecule is CCN(CC)CCN1C(=O)C(=O)/C(=C(/O)c2ccncc2)C1c1cccc(Oc2ccccc2)c1. The van der Waals surface area contributed by atoms with Crippen molar-refractivity contribution in [2.75, 3.05) is 26.2 Å². The molecule has 0 bridgehead atoms. The summed E-state index contributed by atoms with van der Waals surface area (Å²) < 4.78 is 6.00. The molecule has 0 radical (unpaired) electrons. The highest BCUT2D eigenvalue weighted by molar-refractivity contribution is 6.46. The normalized spacial score (nSPS) is 17.2. The molecule has 1 aliphatic heterocycles. The van der Waals surface area contributed by atoms with E-state index in [4.69, 9.17) is 4.74 Å². The Kier molecular flexibility index (Phi) is 7.57. The summed E-state index contributed by atoms with van der Waals surface area (Å²) in [5, 5.41) is 11.1. The van der Waals surface area contributed by atoms with E-state index in [1.54, 1.807) is 17.0 Å². The van der Waals surface area contributed by atoms with Gasteiger partial charge < -0.3 is 19.6 Å². The molecule has 3 aromatic rings. The van der Waals surface area contributed by atoms with Crippen molar-refractivity contribution in [3.05, 3.63) is 95.8 Å². The number of ether oxygens (including phenoxy) is 1. The molecule has 1 atom stereocenters. The van der Waals surface area contributed by atoms with Crippen LogP contribution in [0.1, 0.15) is 31.0 Å². The summed E-state index contributed by atoms with van der Waals surface area (Å²) in [5.74, 6) is -0.273. The molecule has 180 valence electrons. The van der Waals surface area contributed by atoms with Crippen molar-refractivity contribution in [2.45, 2.75) is 19.9 Å². The van der Waals surface area contributed by atoms with E-state index in [1.165, 1.54) is 12.4 Å². The number of nitrogens with zero attached hydrogens (tertiary/aromatic N) is 3. The van der Waals surface area contributed by atoms with E-state index in [-0.39, 0.29) is 11.3 Å². The lowest BCUT2D eigenvalue weighted by Crippen LogP contribution is -2.38. The average molecular weight is 472 g/mol. The van der Waals surface area contributed by atoms with Crippen LogP contribution in [0.5, 0.6) is 11.5 Å². The highest BCUT2D eigenvalue weighted by Crippen LogP contribution is 2.40. The fourth-order valence-electron chi connectivity index (χ4n) is 4.28. The van der Waals surface area contributed by atoms with Gasteiger partial charge in [0.15, 0.2) is 0 Å². The molecule has 7 heteroatoms. The lowest BCUT2D eigenvalue weighted by molar-refractivity contribution is -0.140. The van der Waals surface area contributed by atoms with Gasteiger partial charge >= 0.3 is 0 Å². The third-order valence-corrected chi connectivity index (χ3v) is 6.20. The number of carbonyl (C=O) groups is 2. The number of hydrogen-bond donors (Lipinski definition) is 1. The standard InChI is InChI=1S/C28H29N3O4/c1-3-30(4-2)17-18-31-25(21-9-8-12-23(19-21)35-22-10-6-5-7-11-22)24(27(33)28(31)34)26(32)20-13-15-29-16-14-20/h5-16,19,25,32H,3-4,17-18H2,1-2H3/b26-24+. The summed E-state index contributed by atoms with van der Waals surface area (Å²) in [6.07, 6.45) is 3.07. The molecule has 35 heavy (non-hydrogen) atoms. The number of aliphatic hydroxyl groups is 1. The predicted molar refractivity (Wildman–Crippen MR) is 134 cm³/mol. The molecule has 0 saturated carbocycles. The van der Waals surface area contributed by atoms with Crippen LogP contribution in [-0.4, -0.2) is 57.8 Å². The van der Waals surface area contributed by atoms with E-state index < -0.39 is 17.7 Å². The average Bonchev–Trinajstić information content (AvgIpc) is 3.15. The van der Waals surface area contributed by atoms with Gasteiger partial charge in [-0.05, 0) is 55.1 Å². The fourth-order valence-corrected chi connectivity index (χ4v) is 4.28. The molecule has 1 saturated heterocycles. The first kappa shape index (κ1) is 24.2. The molecule has 0 spiro atoms. The first-order valence-electron chi connectivity index (χ1n) is 11.8. The van der Waals surface area contributed by atoms with Gasteiger partial charge in [0.1, 0.15) is 17.3 Å². The van der Waals surface area contributed by atoms with Gasteiger partial charge in [0.25, 0.3) is 11.7 Å². The van der Waals surface area contributed by atoms with Crippen molar-refractivity contribution in [3.8, 4) is 11.5 Å². The molecule has 1 unspecified atom stereocenters. The van der Waals surface area contributed by atoms with Crippen LogP contribution in [0.25, 0.3) is 5.76 Å². The Morgan fingerprint density at radius 1 is 0.971 bits per heavy atom. The van der Waals surface area contributed by atoms with Crippen LogP contribution in [0.3, 0.4) is 0 Å². The zero-order chi connectivity index (χ0) is 24.8.